The third kappa shape index (κ3) is 1.85. The average molecular weight is 264 g/mol. The van der Waals surface area contributed by atoms with E-state index in [-0.39, 0.29) is 10.0 Å². The number of phenols is 1. The van der Waals surface area contributed by atoms with Gasteiger partial charge in [0.15, 0.2) is 0 Å². The number of carbonyl (C=O) groups is 1. The van der Waals surface area contributed by atoms with Crippen molar-refractivity contribution >= 4 is 21.9 Å². The quantitative estimate of drug-likeness (QED) is 0.753. The van der Waals surface area contributed by atoms with E-state index in [0.717, 1.165) is 12.1 Å². The van der Waals surface area contributed by atoms with Crippen molar-refractivity contribution in [2.45, 2.75) is 6.04 Å². The smallest absolute Gasteiger partial charge is 0.325 e. The Morgan fingerprint density at radius 2 is 2.14 bits per heavy atom. The molecule has 0 aromatic heterocycles. The third-order valence-electron chi connectivity index (χ3n) is 1.70. The average Bonchev–Trinajstić information content (AvgIpc) is 2.13. The molecule has 0 fully saturated rings. The van der Waals surface area contributed by atoms with Crippen molar-refractivity contribution in [1.29, 1.82) is 0 Å². The first-order chi connectivity index (χ1) is 6.45. The van der Waals surface area contributed by atoms with Crippen molar-refractivity contribution in [3.63, 3.8) is 0 Å². The Balaban J connectivity index is 3.24. The molecule has 0 saturated carbocycles. The van der Waals surface area contributed by atoms with Crippen LogP contribution in [0, 0.1) is 5.82 Å². The zero-order valence-corrected chi connectivity index (χ0v) is 8.45. The maximum absolute atomic E-state index is 12.8. The molecule has 0 aliphatic carbocycles. The molecule has 4 nitrogen and oxygen atoms in total. The molecule has 0 aliphatic heterocycles. The van der Waals surface area contributed by atoms with Crippen molar-refractivity contribution in [2.24, 2.45) is 5.73 Å². The highest BCUT2D eigenvalue weighted by molar-refractivity contribution is 9.10. The molecule has 0 radical (unpaired) electrons. The zero-order valence-electron chi connectivity index (χ0n) is 6.87. The van der Waals surface area contributed by atoms with Crippen LogP contribution in [0.3, 0.4) is 0 Å². The zero-order chi connectivity index (χ0) is 10.9. The van der Waals surface area contributed by atoms with Crippen molar-refractivity contribution in [1.82, 2.24) is 0 Å². The lowest BCUT2D eigenvalue weighted by Gasteiger charge is -2.10. The van der Waals surface area contributed by atoms with Crippen LogP contribution in [-0.4, -0.2) is 16.2 Å². The molecule has 1 rings (SSSR count). The second-order valence-electron chi connectivity index (χ2n) is 2.62. The molecular weight excluding hydrogens is 257 g/mol. The van der Waals surface area contributed by atoms with Gasteiger partial charge < -0.3 is 15.9 Å². The van der Waals surface area contributed by atoms with Gasteiger partial charge in [-0.1, -0.05) is 6.07 Å². The molecule has 6 heteroatoms. The van der Waals surface area contributed by atoms with Crippen molar-refractivity contribution in [3.8, 4) is 5.75 Å². The molecule has 4 N–H and O–H groups in total. The van der Waals surface area contributed by atoms with E-state index < -0.39 is 23.6 Å². The summed E-state index contributed by atoms with van der Waals surface area (Å²) in [5.74, 6) is -2.46. The third-order valence-corrected chi connectivity index (χ3v) is 2.46. The van der Waals surface area contributed by atoms with Crippen LogP contribution in [0.1, 0.15) is 11.6 Å². The van der Waals surface area contributed by atoms with E-state index in [9.17, 15) is 14.3 Å². The molecule has 0 bridgehead atoms. The van der Waals surface area contributed by atoms with E-state index in [1.54, 1.807) is 0 Å². The molecule has 14 heavy (non-hydrogen) atoms. The molecule has 0 amide bonds. The summed E-state index contributed by atoms with van der Waals surface area (Å²) in [6.07, 6.45) is 0. The minimum absolute atomic E-state index is 0.0363. The Labute approximate surface area is 87.3 Å². The maximum Gasteiger partial charge on any atom is 0.325 e. The van der Waals surface area contributed by atoms with Crippen LogP contribution in [0.2, 0.25) is 0 Å². The molecule has 0 heterocycles. The van der Waals surface area contributed by atoms with Gasteiger partial charge in [0.2, 0.25) is 0 Å². The van der Waals surface area contributed by atoms with E-state index in [4.69, 9.17) is 10.8 Å². The first-order valence-electron chi connectivity index (χ1n) is 3.60. The predicted molar refractivity (Wildman–Crippen MR) is 50.3 cm³/mol. The lowest BCUT2D eigenvalue weighted by Crippen LogP contribution is -2.20. The highest BCUT2D eigenvalue weighted by Crippen LogP contribution is 2.33. The number of aliphatic carboxylic acids is 1. The van der Waals surface area contributed by atoms with Crippen LogP contribution in [0.15, 0.2) is 16.6 Å². The van der Waals surface area contributed by atoms with Gasteiger partial charge in [-0.3, -0.25) is 4.79 Å². The van der Waals surface area contributed by atoms with E-state index in [1.165, 1.54) is 0 Å². The topological polar surface area (TPSA) is 83.6 Å². The van der Waals surface area contributed by atoms with Gasteiger partial charge in [0.1, 0.15) is 17.6 Å². The van der Waals surface area contributed by atoms with E-state index >= 15 is 0 Å². The highest BCUT2D eigenvalue weighted by Gasteiger charge is 2.20. The fourth-order valence-corrected chi connectivity index (χ4v) is 1.30. The number of carboxylic acid groups (broad SMARTS) is 1. The van der Waals surface area contributed by atoms with E-state index in [0.29, 0.717) is 0 Å². The van der Waals surface area contributed by atoms with Gasteiger partial charge in [0.25, 0.3) is 0 Å². The number of nitrogens with two attached hydrogens (primary N) is 1. The van der Waals surface area contributed by atoms with Crippen LogP contribution in [0.4, 0.5) is 4.39 Å². The number of aromatic hydroxyl groups is 1. The van der Waals surface area contributed by atoms with Crippen molar-refractivity contribution in [3.05, 3.63) is 28.0 Å². The van der Waals surface area contributed by atoms with Gasteiger partial charge in [0, 0.05) is 5.56 Å². The van der Waals surface area contributed by atoms with Gasteiger partial charge in [-0.2, -0.15) is 0 Å². The second-order valence-corrected chi connectivity index (χ2v) is 3.41. The monoisotopic (exact) mass is 263 g/mol. The van der Waals surface area contributed by atoms with Gasteiger partial charge in [0.05, 0.1) is 4.47 Å². The number of halogens is 2. The molecule has 1 aromatic rings. The Kier molecular flexibility index (Phi) is 3.07. The summed E-state index contributed by atoms with van der Waals surface area (Å²) in [6, 6.07) is 0.794. The maximum atomic E-state index is 12.8. The number of phenolic OH excluding ortho intramolecular Hbond substituents is 1. The number of hydrogen-bond donors (Lipinski definition) is 3. The Morgan fingerprint density at radius 3 is 2.64 bits per heavy atom. The van der Waals surface area contributed by atoms with Crippen LogP contribution in [-0.2, 0) is 4.79 Å². The number of carboxylic acids is 1. The molecule has 0 saturated heterocycles. The second kappa shape index (κ2) is 3.93. The van der Waals surface area contributed by atoms with Crippen LogP contribution in [0.5, 0.6) is 5.75 Å². The van der Waals surface area contributed by atoms with Gasteiger partial charge >= 0.3 is 5.97 Å². The number of hydrogen-bond acceptors (Lipinski definition) is 3. The molecule has 1 unspecified atom stereocenters. The summed E-state index contributed by atoms with van der Waals surface area (Å²) < 4.78 is 12.6. The minimum atomic E-state index is -1.37. The Bertz CT molecular complexity index is 383. The predicted octanol–water partition coefficient (Wildman–Crippen LogP) is 1.38. The summed E-state index contributed by atoms with van der Waals surface area (Å²) in [4.78, 5) is 10.5. The normalized spacial score (nSPS) is 12.5. The highest BCUT2D eigenvalue weighted by atomic mass is 79.9. The number of benzene rings is 1. The minimum Gasteiger partial charge on any atom is -0.506 e. The Hall–Kier alpha value is -1.14. The standard InChI is InChI=1S/C8H7BrFNO3/c9-5-4(10)2-1-3(7(5)12)6(11)8(13)14/h1-2,6,12H,11H2,(H,13,14). The van der Waals surface area contributed by atoms with E-state index in [2.05, 4.69) is 15.9 Å². The van der Waals surface area contributed by atoms with Crippen molar-refractivity contribution < 1.29 is 19.4 Å². The first-order valence-corrected chi connectivity index (χ1v) is 4.39. The van der Waals surface area contributed by atoms with Crippen LogP contribution < -0.4 is 5.73 Å². The lowest BCUT2D eigenvalue weighted by atomic mass is 10.1. The number of rotatable bonds is 2. The summed E-state index contributed by atoms with van der Waals surface area (Å²) in [5.41, 5.74) is 5.22. The summed E-state index contributed by atoms with van der Waals surface area (Å²) in [7, 11) is 0. The fraction of sp³-hybridized carbons (Fsp3) is 0.125. The van der Waals surface area contributed by atoms with Crippen molar-refractivity contribution in [2.75, 3.05) is 0 Å². The molecule has 1 atom stereocenters. The summed E-state index contributed by atoms with van der Waals surface area (Å²) in [6.45, 7) is 0. The van der Waals surface area contributed by atoms with Gasteiger partial charge in [-0.25, -0.2) is 4.39 Å². The molecule has 1 aromatic carbocycles. The lowest BCUT2D eigenvalue weighted by molar-refractivity contribution is -0.138. The van der Waals surface area contributed by atoms with Crippen LogP contribution >= 0.6 is 15.9 Å². The largest absolute Gasteiger partial charge is 0.506 e. The molecule has 0 aliphatic rings. The molecule has 0 spiro atoms. The van der Waals surface area contributed by atoms with Gasteiger partial charge in [-0.05, 0) is 22.0 Å². The SMILES string of the molecule is NC(C(=O)O)c1ccc(F)c(Br)c1O. The molecular formula is C8H7BrFNO3. The van der Waals surface area contributed by atoms with Crippen LogP contribution in [0.25, 0.3) is 0 Å². The Morgan fingerprint density at radius 1 is 1.57 bits per heavy atom. The summed E-state index contributed by atoms with van der Waals surface area (Å²) in [5, 5.41) is 17.9. The summed E-state index contributed by atoms with van der Waals surface area (Å²) >= 11 is 2.77. The first kappa shape index (κ1) is 10.9. The fourth-order valence-electron chi connectivity index (χ4n) is 0.939. The van der Waals surface area contributed by atoms with Gasteiger partial charge in [-0.15, -0.1) is 0 Å². The van der Waals surface area contributed by atoms with E-state index in [1.807, 2.05) is 0 Å². The molecule has 76 valence electrons.